The molecule has 2 aliphatic carbocycles. The van der Waals surface area contributed by atoms with Crippen LogP contribution in [0.1, 0.15) is 66.9 Å². The number of hydrogen-bond acceptors (Lipinski definition) is 3. The molecule has 5 heteroatoms. The van der Waals surface area contributed by atoms with Crippen LogP contribution in [0.25, 0.3) is 0 Å². The fourth-order valence-corrected chi connectivity index (χ4v) is 7.16. The van der Waals surface area contributed by atoms with Gasteiger partial charge in [-0.25, -0.2) is 0 Å². The van der Waals surface area contributed by atoms with Crippen molar-refractivity contribution < 1.29 is 9.59 Å². The third kappa shape index (κ3) is 4.72. The van der Waals surface area contributed by atoms with Crippen molar-refractivity contribution in [1.82, 2.24) is 10.2 Å². The fourth-order valence-electron chi connectivity index (χ4n) is 7.16. The molecule has 192 valence electrons. The largest absolute Gasteiger partial charge is 0.381 e. The van der Waals surface area contributed by atoms with E-state index in [-0.39, 0.29) is 29.8 Å². The molecule has 0 aromatic heterocycles. The number of carbonyl (C=O) groups excluding carboxylic acids is 2. The average molecular weight is 496 g/mol. The number of nitrogens with zero attached hydrogens (tertiary/aromatic N) is 1. The van der Waals surface area contributed by atoms with Crippen LogP contribution in [0.15, 0.2) is 78.9 Å². The standard InChI is InChI=1S/C32H37N3O2/c36-31(23-14-5-2-6-15-23)34-28-20-10-8-17-25(28)32(37)35-21-11-18-26-29(22-12-3-1-4-13-22)33-27-19-9-7-16-24(27)30(26)35/h1-7,9,12,14-16,19,22,25-26,28-30,33H,8,10-11,13,17-18,20-21H2,(H,34,36)/t22?,25-,26+,28+,29-,30-/m0/s1. The summed E-state index contributed by atoms with van der Waals surface area (Å²) in [6.07, 6.45) is 15.8. The van der Waals surface area contributed by atoms with Gasteiger partial charge in [0.25, 0.3) is 5.91 Å². The number of benzene rings is 2. The molecule has 1 saturated carbocycles. The summed E-state index contributed by atoms with van der Waals surface area (Å²) in [5.41, 5.74) is 3.06. The maximum Gasteiger partial charge on any atom is 0.251 e. The second-order valence-corrected chi connectivity index (χ2v) is 11.1. The number of anilines is 1. The summed E-state index contributed by atoms with van der Waals surface area (Å²) < 4.78 is 0. The lowest BCUT2D eigenvalue weighted by atomic mass is 9.70. The van der Waals surface area contributed by atoms with Gasteiger partial charge in [-0.05, 0) is 55.9 Å². The maximum absolute atomic E-state index is 14.4. The highest BCUT2D eigenvalue weighted by atomic mass is 16.2. The molecule has 0 radical (unpaired) electrons. The lowest BCUT2D eigenvalue weighted by Gasteiger charge is -2.51. The van der Waals surface area contributed by atoms with Crippen molar-refractivity contribution in [2.75, 3.05) is 11.9 Å². The Labute approximate surface area is 220 Å². The maximum atomic E-state index is 14.4. The summed E-state index contributed by atoms with van der Waals surface area (Å²) in [5, 5.41) is 7.12. The van der Waals surface area contributed by atoms with Crippen LogP contribution < -0.4 is 10.6 Å². The first kappa shape index (κ1) is 24.0. The molecule has 2 aliphatic heterocycles. The Morgan fingerprint density at radius 3 is 2.54 bits per heavy atom. The number of amides is 2. The Balaban J connectivity index is 1.28. The first-order valence-corrected chi connectivity index (χ1v) is 14.1. The van der Waals surface area contributed by atoms with Crippen LogP contribution in [0.4, 0.5) is 5.69 Å². The molecule has 2 aromatic rings. The molecule has 2 fully saturated rings. The van der Waals surface area contributed by atoms with Gasteiger partial charge in [0.2, 0.25) is 5.91 Å². The van der Waals surface area contributed by atoms with Crippen LogP contribution in [-0.2, 0) is 4.79 Å². The number of para-hydroxylation sites is 1. The molecule has 2 heterocycles. The van der Waals surface area contributed by atoms with Crippen LogP contribution in [0.5, 0.6) is 0 Å². The molecule has 37 heavy (non-hydrogen) atoms. The van der Waals surface area contributed by atoms with E-state index in [2.05, 4.69) is 64.1 Å². The summed E-state index contributed by atoms with van der Waals surface area (Å²) in [5.74, 6) is 0.773. The van der Waals surface area contributed by atoms with E-state index in [0.717, 1.165) is 57.2 Å². The van der Waals surface area contributed by atoms with Gasteiger partial charge in [-0.2, -0.15) is 0 Å². The van der Waals surface area contributed by atoms with Crippen molar-refractivity contribution >= 4 is 17.5 Å². The molecular weight excluding hydrogens is 458 g/mol. The van der Waals surface area contributed by atoms with Gasteiger partial charge in [-0.1, -0.05) is 73.5 Å². The van der Waals surface area contributed by atoms with Gasteiger partial charge in [-0.3, -0.25) is 9.59 Å². The molecule has 4 aliphatic rings. The first-order valence-electron chi connectivity index (χ1n) is 14.1. The zero-order chi connectivity index (χ0) is 25.2. The van der Waals surface area contributed by atoms with E-state index in [1.807, 2.05) is 30.3 Å². The third-order valence-corrected chi connectivity index (χ3v) is 8.93. The highest BCUT2D eigenvalue weighted by molar-refractivity contribution is 5.94. The predicted molar refractivity (Wildman–Crippen MR) is 147 cm³/mol. The molecule has 0 bridgehead atoms. The molecule has 1 unspecified atom stereocenters. The van der Waals surface area contributed by atoms with E-state index in [1.54, 1.807) is 0 Å². The Morgan fingerprint density at radius 1 is 0.892 bits per heavy atom. The number of allylic oxidation sites excluding steroid dienone is 3. The number of piperidine rings is 1. The van der Waals surface area contributed by atoms with Crippen LogP contribution in [0.2, 0.25) is 0 Å². The predicted octanol–water partition coefficient (Wildman–Crippen LogP) is 5.88. The first-order chi connectivity index (χ1) is 18.2. The second kappa shape index (κ2) is 10.6. The summed E-state index contributed by atoms with van der Waals surface area (Å²) in [6, 6.07) is 18.2. The van der Waals surface area contributed by atoms with Crippen LogP contribution >= 0.6 is 0 Å². The van der Waals surface area contributed by atoms with Gasteiger partial charge in [0.15, 0.2) is 0 Å². The Kier molecular flexibility index (Phi) is 6.86. The van der Waals surface area contributed by atoms with Crippen molar-refractivity contribution in [3.63, 3.8) is 0 Å². The number of rotatable bonds is 4. The zero-order valence-electron chi connectivity index (χ0n) is 21.4. The van der Waals surface area contributed by atoms with Crippen molar-refractivity contribution in [2.45, 2.75) is 63.1 Å². The lowest BCUT2D eigenvalue weighted by Crippen LogP contribution is -2.56. The van der Waals surface area contributed by atoms with E-state index in [9.17, 15) is 9.59 Å². The van der Waals surface area contributed by atoms with Crippen LogP contribution in [0, 0.1) is 17.8 Å². The molecule has 5 nitrogen and oxygen atoms in total. The summed E-state index contributed by atoms with van der Waals surface area (Å²) >= 11 is 0. The van der Waals surface area contributed by atoms with E-state index in [4.69, 9.17) is 0 Å². The SMILES string of the molecule is O=C(N[C@@H]1CCCC[C@@H]1C(=O)N1CCC[C@@H]2[C@H](C3C=CC=CC3)Nc3ccccc3[C@@H]21)c1ccccc1. The molecule has 1 saturated heterocycles. The molecule has 2 N–H and O–H groups in total. The summed E-state index contributed by atoms with van der Waals surface area (Å²) in [7, 11) is 0. The van der Waals surface area contributed by atoms with Gasteiger partial charge in [-0.15, -0.1) is 0 Å². The number of nitrogens with one attached hydrogen (secondary N) is 2. The molecule has 2 amide bonds. The monoisotopic (exact) mass is 495 g/mol. The lowest BCUT2D eigenvalue weighted by molar-refractivity contribution is -0.143. The van der Waals surface area contributed by atoms with Gasteiger partial charge in [0, 0.05) is 41.7 Å². The number of likely N-dealkylation sites (tertiary alicyclic amines) is 1. The van der Waals surface area contributed by atoms with Crippen molar-refractivity contribution in [3.05, 3.63) is 90.0 Å². The minimum absolute atomic E-state index is 0.0776. The van der Waals surface area contributed by atoms with Crippen molar-refractivity contribution in [1.29, 1.82) is 0 Å². The fraction of sp³-hybridized carbons (Fsp3) is 0.438. The van der Waals surface area contributed by atoms with Crippen LogP contribution in [-0.4, -0.2) is 35.3 Å². The van der Waals surface area contributed by atoms with Crippen LogP contribution in [0.3, 0.4) is 0 Å². The summed E-state index contributed by atoms with van der Waals surface area (Å²) in [4.78, 5) is 29.6. The van der Waals surface area contributed by atoms with E-state index in [0.29, 0.717) is 23.4 Å². The smallest absolute Gasteiger partial charge is 0.251 e. The van der Waals surface area contributed by atoms with Gasteiger partial charge < -0.3 is 15.5 Å². The normalized spacial score (nSPS) is 30.5. The van der Waals surface area contributed by atoms with E-state index >= 15 is 0 Å². The Hall–Kier alpha value is -3.34. The molecule has 0 spiro atoms. The summed E-state index contributed by atoms with van der Waals surface area (Å²) in [6.45, 7) is 0.789. The minimum atomic E-state index is -0.168. The molecule has 6 rings (SSSR count). The van der Waals surface area contributed by atoms with E-state index < -0.39 is 0 Å². The van der Waals surface area contributed by atoms with Gasteiger partial charge >= 0.3 is 0 Å². The highest BCUT2D eigenvalue weighted by Gasteiger charge is 2.47. The minimum Gasteiger partial charge on any atom is -0.381 e. The molecule has 2 aromatic carbocycles. The number of fused-ring (bicyclic) bond motifs is 3. The Morgan fingerprint density at radius 2 is 1.70 bits per heavy atom. The molecule has 6 atom stereocenters. The topological polar surface area (TPSA) is 61.4 Å². The number of hydrogen-bond donors (Lipinski definition) is 2. The highest BCUT2D eigenvalue weighted by Crippen LogP contribution is 2.48. The van der Waals surface area contributed by atoms with Gasteiger partial charge in [0.1, 0.15) is 0 Å². The zero-order valence-corrected chi connectivity index (χ0v) is 21.4. The van der Waals surface area contributed by atoms with E-state index in [1.165, 1.54) is 5.56 Å². The van der Waals surface area contributed by atoms with Crippen molar-refractivity contribution in [3.8, 4) is 0 Å². The average Bonchev–Trinajstić information content (AvgIpc) is 2.97. The van der Waals surface area contributed by atoms with Gasteiger partial charge in [0.05, 0.1) is 12.0 Å². The molecular formula is C32H37N3O2. The number of carbonyl (C=O) groups is 2. The third-order valence-electron chi connectivity index (χ3n) is 8.93. The Bertz CT molecular complexity index is 1190. The van der Waals surface area contributed by atoms with Crippen molar-refractivity contribution in [2.24, 2.45) is 17.8 Å². The quantitative estimate of drug-likeness (QED) is 0.557. The second-order valence-electron chi connectivity index (χ2n) is 11.1.